The Morgan fingerprint density at radius 1 is 1.32 bits per heavy atom. The van der Waals surface area contributed by atoms with Crippen LogP contribution in [0.2, 0.25) is 0 Å². The molecule has 1 amide bonds. The Labute approximate surface area is 106 Å². The second kappa shape index (κ2) is 4.56. The minimum atomic E-state index is -5.02. The third kappa shape index (κ3) is 2.54. The van der Waals surface area contributed by atoms with Crippen LogP contribution in [0.5, 0.6) is 0 Å². The average molecular weight is 273 g/mol. The first kappa shape index (κ1) is 13.4. The molecule has 0 saturated heterocycles. The zero-order chi connectivity index (χ0) is 14.2. The normalized spacial score (nSPS) is 18.3. The van der Waals surface area contributed by atoms with Gasteiger partial charge in [0.1, 0.15) is 0 Å². The molecular formula is C12H10F3NO3. The number of para-hydroxylation sites is 1. The lowest BCUT2D eigenvalue weighted by molar-refractivity contribution is -0.171. The summed E-state index contributed by atoms with van der Waals surface area (Å²) in [5.74, 6) is -3.26. The Kier molecular flexibility index (Phi) is 3.21. The highest BCUT2D eigenvalue weighted by Gasteiger charge is 2.48. The number of benzene rings is 1. The van der Waals surface area contributed by atoms with Gasteiger partial charge in [0.15, 0.2) is 0 Å². The summed E-state index contributed by atoms with van der Waals surface area (Å²) in [6.45, 7) is 0. The molecule has 102 valence electrons. The molecule has 0 fully saturated rings. The lowest BCUT2D eigenvalue weighted by atomic mass is 10.1. The summed E-state index contributed by atoms with van der Waals surface area (Å²) in [4.78, 5) is 22.7. The minimum absolute atomic E-state index is 0.115. The van der Waals surface area contributed by atoms with Crippen LogP contribution in [0.15, 0.2) is 24.3 Å². The van der Waals surface area contributed by atoms with Crippen LogP contribution >= 0.6 is 0 Å². The second-order valence-corrected chi connectivity index (χ2v) is 4.26. The van der Waals surface area contributed by atoms with Gasteiger partial charge in [0.2, 0.25) is 0 Å². The Hall–Kier alpha value is -2.05. The van der Waals surface area contributed by atoms with Crippen molar-refractivity contribution in [1.29, 1.82) is 0 Å². The third-order valence-corrected chi connectivity index (χ3v) is 2.94. The van der Waals surface area contributed by atoms with Crippen LogP contribution in [-0.2, 0) is 16.0 Å². The van der Waals surface area contributed by atoms with Gasteiger partial charge in [0.05, 0.1) is 12.5 Å². The van der Waals surface area contributed by atoms with E-state index in [2.05, 4.69) is 0 Å². The number of nitrogens with zero attached hydrogens (tertiary/aromatic N) is 1. The summed E-state index contributed by atoms with van der Waals surface area (Å²) in [5, 5.41) is 8.74. The van der Waals surface area contributed by atoms with E-state index < -0.39 is 30.5 Å². The summed E-state index contributed by atoms with van der Waals surface area (Å²) in [5.41, 5.74) is 0.683. The van der Waals surface area contributed by atoms with Gasteiger partial charge in [0, 0.05) is 5.69 Å². The van der Waals surface area contributed by atoms with Crippen molar-refractivity contribution in [3.05, 3.63) is 29.8 Å². The van der Waals surface area contributed by atoms with Crippen LogP contribution < -0.4 is 4.90 Å². The Morgan fingerprint density at radius 3 is 2.53 bits per heavy atom. The molecule has 1 N–H and O–H groups in total. The fourth-order valence-corrected chi connectivity index (χ4v) is 2.24. The number of carboxylic acid groups (broad SMARTS) is 1. The van der Waals surface area contributed by atoms with Crippen molar-refractivity contribution < 1.29 is 27.9 Å². The highest BCUT2D eigenvalue weighted by molar-refractivity contribution is 6.00. The van der Waals surface area contributed by atoms with Gasteiger partial charge in [-0.3, -0.25) is 9.59 Å². The van der Waals surface area contributed by atoms with E-state index in [0.717, 1.165) is 0 Å². The van der Waals surface area contributed by atoms with Crippen molar-refractivity contribution in [2.75, 3.05) is 4.90 Å². The van der Waals surface area contributed by atoms with Crippen LogP contribution in [0.1, 0.15) is 12.0 Å². The van der Waals surface area contributed by atoms with E-state index in [4.69, 9.17) is 5.11 Å². The first-order chi connectivity index (χ1) is 8.80. The van der Waals surface area contributed by atoms with Gasteiger partial charge in [0.25, 0.3) is 0 Å². The molecule has 1 atom stereocenters. The number of carbonyl (C=O) groups is 2. The predicted molar refractivity (Wildman–Crippen MR) is 59.7 cm³/mol. The van der Waals surface area contributed by atoms with Crippen molar-refractivity contribution in [2.45, 2.75) is 25.1 Å². The molecule has 0 aromatic heterocycles. The molecule has 1 heterocycles. The molecule has 0 unspecified atom stereocenters. The van der Waals surface area contributed by atoms with Crippen molar-refractivity contribution in [2.24, 2.45) is 0 Å². The molecule has 0 bridgehead atoms. The first-order valence-electron chi connectivity index (χ1n) is 5.51. The number of fused-ring (bicyclic) bond motifs is 1. The number of hydrogen-bond donors (Lipinski definition) is 1. The topological polar surface area (TPSA) is 57.6 Å². The summed E-state index contributed by atoms with van der Waals surface area (Å²) < 4.78 is 37.7. The number of halogens is 3. The summed E-state index contributed by atoms with van der Waals surface area (Å²) in [6, 6.07) is 5.13. The maximum atomic E-state index is 12.6. The predicted octanol–water partition coefficient (Wildman–Crippen LogP) is 1.98. The molecule has 0 radical (unpaired) electrons. The fraction of sp³-hybridized carbons (Fsp3) is 0.333. The molecule has 1 aliphatic heterocycles. The number of rotatable bonds is 2. The number of carbonyl (C=O) groups excluding carboxylic acids is 1. The maximum Gasteiger partial charge on any atom is 0.471 e. The lowest BCUT2D eigenvalue weighted by Gasteiger charge is -2.25. The standard InChI is InChI=1S/C12H10F3NO3/c13-12(14,15)11(19)16-8(6-10(17)18)5-7-3-1-2-4-9(7)16/h1-4,8H,5-6H2,(H,17,18)/t8-/m1/s1. The second-order valence-electron chi connectivity index (χ2n) is 4.26. The number of aliphatic carboxylic acids is 1. The summed E-state index contributed by atoms with van der Waals surface area (Å²) in [7, 11) is 0. The highest BCUT2D eigenvalue weighted by Crippen LogP contribution is 2.36. The van der Waals surface area contributed by atoms with E-state index in [-0.39, 0.29) is 12.1 Å². The molecule has 1 aliphatic rings. The van der Waals surface area contributed by atoms with Gasteiger partial charge in [-0.2, -0.15) is 13.2 Å². The Bertz CT molecular complexity index is 527. The quantitative estimate of drug-likeness (QED) is 0.896. The molecule has 0 aliphatic carbocycles. The molecule has 7 heteroatoms. The molecule has 2 rings (SSSR count). The number of anilines is 1. The fourth-order valence-electron chi connectivity index (χ4n) is 2.24. The number of amides is 1. The minimum Gasteiger partial charge on any atom is -0.481 e. The monoisotopic (exact) mass is 273 g/mol. The smallest absolute Gasteiger partial charge is 0.471 e. The van der Waals surface area contributed by atoms with Gasteiger partial charge in [-0.15, -0.1) is 0 Å². The van der Waals surface area contributed by atoms with Gasteiger partial charge >= 0.3 is 18.1 Å². The molecular weight excluding hydrogens is 263 g/mol. The lowest BCUT2D eigenvalue weighted by Crippen LogP contribution is -2.46. The van der Waals surface area contributed by atoms with Gasteiger partial charge < -0.3 is 10.0 Å². The SMILES string of the molecule is O=C(O)C[C@H]1Cc2ccccc2N1C(=O)C(F)(F)F. The van der Waals surface area contributed by atoms with E-state index in [0.29, 0.717) is 10.5 Å². The van der Waals surface area contributed by atoms with Crippen LogP contribution in [0.25, 0.3) is 0 Å². The van der Waals surface area contributed by atoms with E-state index in [1.807, 2.05) is 0 Å². The largest absolute Gasteiger partial charge is 0.481 e. The molecule has 4 nitrogen and oxygen atoms in total. The summed E-state index contributed by atoms with van der Waals surface area (Å²) in [6.07, 6.45) is -5.42. The van der Waals surface area contributed by atoms with E-state index >= 15 is 0 Å². The van der Waals surface area contributed by atoms with E-state index in [1.54, 1.807) is 12.1 Å². The average Bonchev–Trinajstić information content (AvgIpc) is 2.63. The Balaban J connectivity index is 2.39. The number of alkyl halides is 3. The van der Waals surface area contributed by atoms with Crippen LogP contribution in [0.4, 0.5) is 18.9 Å². The van der Waals surface area contributed by atoms with Gasteiger partial charge in [-0.05, 0) is 18.1 Å². The molecule has 0 spiro atoms. The summed E-state index contributed by atoms with van der Waals surface area (Å²) >= 11 is 0. The van der Waals surface area contributed by atoms with Gasteiger partial charge in [-0.1, -0.05) is 18.2 Å². The molecule has 1 aromatic carbocycles. The van der Waals surface area contributed by atoms with Gasteiger partial charge in [-0.25, -0.2) is 0 Å². The molecule has 1 aromatic rings. The molecule has 19 heavy (non-hydrogen) atoms. The highest BCUT2D eigenvalue weighted by atomic mass is 19.4. The van der Waals surface area contributed by atoms with Crippen molar-refractivity contribution >= 4 is 17.6 Å². The number of carboxylic acids is 1. The molecule has 0 saturated carbocycles. The van der Waals surface area contributed by atoms with Crippen LogP contribution in [-0.4, -0.2) is 29.2 Å². The third-order valence-electron chi connectivity index (χ3n) is 2.94. The van der Waals surface area contributed by atoms with Crippen molar-refractivity contribution in [3.8, 4) is 0 Å². The maximum absolute atomic E-state index is 12.6. The first-order valence-corrected chi connectivity index (χ1v) is 5.51. The zero-order valence-electron chi connectivity index (χ0n) is 9.65. The van der Waals surface area contributed by atoms with E-state index in [1.165, 1.54) is 12.1 Å². The zero-order valence-corrected chi connectivity index (χ0v) is 9.65. The van der Waals surface area contributed by atoms with Crippen LogP contribution in [0.3, 0.4) is 0 Å². The van der Waals surface area contributed by atoms with Crippen LogP contribution in [0, 0.1) is 0 Å². The van der Waals surface area contributed by atoms with Crippen molar-refractivity contribution in [1.82, 2.24) is 0 Å². The van der Waals surface area contributed by atoms with E-state index in [9.17, 15) is 22.8 Å². The Morgan fingerprint density at radius 2 is 1.95 bits per heavy atom. The van der Waals surface area contributed by atoms with Crippen molar-refractivity contribution in [3.63, 3.8) is 0 Å². The number of hydrogen-bond acceptors (Lipinski definition) is 2.